The topological polar surface area (TPSA) is 55.1 Å². The molecule has 0 atom stereocenters. The molecule has 1 aliphatic carbocycles. The van der Waals surface area contributed by atoms with E-state index in [4.69, 9.17) is 5.73 Å². The number of carbonyl (C=O) groups is 1. The molecule has 0 aliphatic heterocycles. The monoisotopic (exact) mass is 278 g/mol. The number of thioether (sulfide) groups is 1. The SMILES string of the molecule is Cc1ccc(N)cc1SCC(=O)NC1CCCCC1. The fourth-order valence-electron chi connectivity index (χ4n) is 2.43. The summed E-state index contributed by atoms with van der Waals surface area (Å²) in [5.41, 5.74) is 7.69. The summed E-state index contributed by atoms with van der Waals surface area (Å²) in [5, 5.41) is 3.13. The van der Waals surface area contributed by atoms with E-state index in [1.54, 1.807) is 11.8 Å². The number of benzene rings is 1. The molecule has 0 unspecified atom stereocenters. The average Bonchev–Trinajstić information content (AvgIpc) is 2.41. The molecule has 0 radical (unpaired) electrons. The third-order valence-electron chi connectivity index (χ3n) is 3.54. The van der Waals surface area contributed by atoms with E-state index in [0.717, 1.165) is 23.4 Å². The second kappa shape index (κ2) is 6.85. The summed E-state index contributed by atoms with van der Waals surface area (Å²) in [6, 6.07) is 6.22. The molecule has 4 heteroatoms. The summed E-state index contributed by atoms with van der Waals surface area (Å²) < 4.78 is 0. The van der Waals surface area contributed by atoms with Gasteiger partial charge in [-0.05, 0) is 37.5 Å². The second-order valence-corrected chi connectivity index (χ2v) is 6.23. The Hall–Kier alpha value is -1.16. The number of rotatable bonds is 4. The molecule has 3 nitrogen and oxygen atoms in total. The minimum Gasteiger partial charge on any atom is -0.399 e. The lowest BCUT2D eigenvalue weighted by molar-refractivity contribution is -0.119. The van der Waals surface area contributed by atoms with E-state index in [1.165, 1.54) is 24.8 Å². The van der Waals surface area contributed by atoms with Crippen LogP contribution in [0.4, 0.5) is 5.69 Å². The van der Waals surface area contributed by atoms with E-state index in [9.17, 15) is 4.79 Å². The van der Waals surface area contributed by atoms with Crippen LogP contribution in [-0.2, 0) is 4.79 Å². The Balaban J connectivity index is 1.81. The van der Waals surface area contributed by atoms with Crippen LogP contribution in [0.2, 0.25) is 0 Å². The van der Waals surface area contributed by atoms with Crippen molar-refractivity contribution < 1.29 is 4.79 Å². The smallest absolute Gasteiger partial charge is 0.230 e. The van der Waals surface area contributed by atoms with Gasteiger partial charge in [0.1, 0.15) is 0 Å². The number of nitrogen functional groups attached to an aromatic ring is 1. The largest absolute Gasteiger partial charge is 0.399 e. The van der Waals surface area contributed by atoms with Gasteiger partial charge in [-0.25, -0.2) is 0 Å². The first-order chi connectivity index (χ1) is 9.15. The van der Waals surface area contributed by atoms with Gasteiger partial charge in [-0.1, -0.05) is 25.3 Å². The zero-order valence-electron chi connectivity index (χ0n) is 11.4. The Kier molecular flexibility index (Phi) is 5.14. The third-order valence-corrected chi connectivity index (χ3v) is 4.70. The maximum absolute atomic E-state index is 11.9. The quantitative estimate of drug-likeness (QED) is 0.657. The van der Waals surface area contributed by atoms with Gasteiger partial charge < -0.3 is 11.1 Å². The maximum Gasteiger partial charge on any atom is 0.230 e. The highest BCUT2D eigenvalue weighted by Gasteiger charge is 2.15. The molecule has 1 amide bonds. The molecule has 0 spiro atoms. The van der Waals surface area contributed by atoms with Crippen LogP contribution >= 0.6 is 11.8 Å². The van der Waals surface area contributed by atoms with E-state index < -0.39 is 0 Å². The molecule has 1 fully saturated rings. The molecule has 104 valence electrons. The summed E-state index contributed by atoms with van der Waals surface area (Å²) in [4.78, 5) is 13.0. The number of nitrogens with one attached hydrogen (secondary N) is 1. The Labute approximate surface area is 119 Å². The first-order valence-electron chi connectivity index (χ1n) is 6.93. The minimum absolute atomic E-state index is 0.138. The molecule has 0 heterocycles. The van der Waals surface area contributed by atoms with E-state index in [0.29, 0.717) is 11.8 Å². The number of anilines is 1. The molecule has 1 saturated carbocycles. The first-order valence-corrected chi connectivity index (χ1v) is 7.92. The van der Waals surface area contributed by atoms with Crippen molar-refractivity contribution in [3.8, 4) is 0 Å². The highest BCUT2D eigenvalue weighted by Crippen LogP contribution is 2.24. The molecule has 19 heavy (non-hydrogen) atoms. The van der Waals surface area contributed by atoms with Gasteiger partial charge in [0, 0.05) is 16.6 Å². The summed E-state index contributed by atoms with van der Waals surface area (Å²) >= 11 is 1.57. The van der Waals surface area contributed by atoms with Gasteiger partial charge in [-0.3, -0.25) is 4.79 Å². The van der Waals surface area contributed by atoms with Crippen LogP contribution < -0.4 is 11.1 Å². The Bertz CT molecular complexity index is 442. The standard InChI is InChI=1S/C15H22N2OS/c1-11-7-8-12(16)9-14(11)19-10-15(18)17-13-5-3-2-4-6-13/h7-9,13H,2-6,10,16H2,1H3,(H,17,18). The van der Waals surface area contributed by atoms with E-state index in [-0.39, 0.29) is 5.91 Å². The Morgan fingerprint density at radius 1 is 1.37 bits per heavy atom. The molecule has 0 aromatic heterocycles. The number of carbonyl (C=O) groups excluding carboxylic acids is 1. The molecule has 0 saturated heterocycles. The fourth-order valence-corrected chi connectivity index (χ4v) is 3.32. The lowest BCUT2D eigenvalue weighted by atomic mass is 9.95. The van der Waals surface area contributed by atoms with Crippen LogP contribution in [0.1, 0.15) is 37.7 Å². The number of nitrogens with two attached hydrogens (primary N) is 1. The Morgan fingerprint density at radius 3 is 2.84 bits per heavy atom. The van der Waals surface area contributed by atoms with Gasteiger partial charge in [0.15, 0.2) is 0 Å². The summed E-state index contributed by atoms with van der Waals surface area (Å²) in [5.74, 6) is 0.611. The predicted molar refractivity (Wildman–Crippen MR) is 81.3 cm³/mol. The van der Waals surface area contributed by atoms with Gasteiger partial charge in [0.05, 0.1) is 5.75 Å². The van der Waals surface area contributed by atoms with Crippen molar-refractivity contribution in [3.05, 3.63) is 23.8 Å². The van der Waals surface area contributed by atoms with Crippen molar-refractivity contribution in [2.24, 2.45) is 0 Å². The van der Waals surface area contributed by atoms with E-state index in [2.05, 4.69) is 5.32 Å². The molecule has 0 bridgehead atoms. The minimum atomic E-state index is 0.138. The fraction of sp³-hybridized carbons (Fsp3) is 0.533. The summed E-state index contributed by atoms with van der Waals surface area (Å²) in [6.07, 6.45) is 6.06. The molecule has 1 aromatic rings. The van der Waals surface area contributed by atoms with Crippen molar-refractivity contribution in [2.75, 3.05) is 11.5 Å². The molecule has 1 aliphatic rings. The van der Waals surface area contributed by atoms with Crippen LogP contribution in [0, 0.1) is 6.92 Å². The van der Waals surface area contributed by atoms with Crippen molar-refractivity contribution >= 4 is 23.4 Å². The summed E-state index contributed by atoms with van der Waals surface area (Å²) in [7, 11) is 0. The average molecular weight is 278 g/mol. The third kappa shape index (κ3) is 4.46. The zero-order chi connectivity index (χ0) is 13.7. The highest BCUT2D eigenvalue weighted by molar-refractivity contribution is 8.00. The first kappa shape index (κ1) is 14.3. The number of hydrogen-bond acceptors (Lipinski definition) is 3. The van der Waals surface area contributed by atoms with Crippen molar-refractivity contribution in [1.29, 1.82) is 0 Å². The van der Waals surface area contributed by atoms with E-state index >= 15 is 0 Å². The van der Waals surface area contributed by atoms with Gasteiger partial charge in [-0.2, -0.15) is 0 Å². The number of aryl methyl sites for hydroxylation is 1. The zero-order valence-corrected chi connectivity index (χ0v) is 12.3. The lowest BCUT2D eigenvalue weighted by Gasteiger charge is -2.22. The highest BCUT2D eigenvalue weighted by atomic mass is 32.2. The normalized spacial score (nSPS) is 16.3. The van der Waals surface area contributed by atoms with E-state index in [1.807, 2.05) is 25.1 Å². The molecule has 3 N–H and O–H groups in total. The number of hydrogen-bond donors (Lipinski definition) is 2. The lowest BCUT2D eigenvalue weighted by Crippen LogP contribution is -2.37. The van der Waals surface area contributed by atoms with Crippen LogP contribution in [-0.4, -0.2) is 17.7 Å². The van der Waals surface area contributed by atoms with Crippen molar-refractivity contribution in [1.82, 2.24) is 5.32 Å². The Morgan fingerprint density at radius 2 is 2.11 bits per heavy atom. The van der Waals surface area contributed by atoms with Gasteiger partial charge in [0.25, 0.3) is 0 Å². The molecule has 2 rings (SSSR count). The predicted octanol–water partition coefficient (Wildman–Crippen LogP) is 3.12. The molecule has 1 aromatic carbocycles. The molecular weight excluding hydrogens is 256 g/mol. The number of amides is 1. The summed E-state index contributed by atoms with van der Waals surface area (Å²) in [6.45, 7) is 2.04. The van der Waals surface area contributed by atoms with Crippen LogP contribution in [0.25, 0.3) is 0 Å². The van der Waals surface area contributed by atoms with Crippen molar-refractivity contribution in [3.63, 3.8) is 0 Å². The molecular formula is C15H22N2OS. The second-order valence-electron chi connectivity index (χ2n) is 5.22. The van der Waals surface area contributed by atoms with Gasteiger partial charge in [-0.15, -0.1) is 11.8 Å². The van der Waals surface area contributed by atoms with Crippen LogP contribution in [0.5, 0.6) is 0 Å². The maximum atomic E-state index is 11.9. The van der Waals surface area contributed by atoms with Crippen LogP contribution in [0.3, 0.4) is 0 Å². The van der Waals surface area contributed by atoms with Crippen LogP contribution in [0.15, 0.2) is 23.1 Å². The van der Waals surface area contributed by atoms with Gasteiger partial charge in [0.2, 0.25) is 5.91 Å². The van der Waals surface area contributed by atoms with Crippen molar-refractivity contribution in [2.45, 2.75) is 50.0 Å². The van der Waals surface area contributed by atoms with Gasteiger partial charge >= 0.3 is 0 Å².